The summed E-state index contributed by atoms with van der Waals surface area (Å²) in [6, 6.07) is 16.7. The summed E-state index contributed by atoms with van der Waals surface area (Å²) in [5, 5.41) is 2.42. The van der Waals surface area contributed by atoms with Gasteiger partial charge in [0, 0.05) is 10.8 Å². The van der Waals surface area contributed by atoms with Crippen LogP contribution in [-0.4, -0.2) is 4.98 Å². The van der Waals surface area contributed by atoms with E-state index in [0.29, 0.717) is 0 Å². The third-order valence-corrected chi connectivity index (χ3v) is 2.75. The van der Waals surface area contributed by atoms with Crippen molar-refractivity contribution >= 4 is 21.8 Å². The van der Waals surface area contributed by atoms with Crippen molar-refractivity contribution in [1.29, 1.82) is 0 Å². The van der Waals surface area contributed by atoms with Crippen molar-refractivity contribution in [1.82, 2.24) is 4.98 Å². The summed E-state index contributed by atoms with van der Waals surface area (Å²) in [4.78, 5) is 4.68. The number of aromatic nitrogens is 1. The third-order valence-electron chi connectivity index (χ3n) is 2.75. The standard InChI is InChI=1S/C14H11N/c1-10-5-4-7-12-9-11-6-2-3-8-13(11)15-14(10)12/h2-9H,1H3. The molecular weight excluding hydrogens is 182 g/mol. The minimum atomic E-state index is 1.07. The molecule has 3 aromatic rings. The second-order valence-corrected chi connectivity index (χ2v) is 3.83. The summed E-state index contributed by atoms with van der Waals surface area (Å²) in [7, 11) is 0. The van der Waals surface area contributed by atoms with Gasteiger partial charge in [-0.15, -0.1) is 0 Å². The highest BCUT2D eigenvalue weighted by Gasteiger charge is 2.00. The summed E-state index contributed by atoms with van der Waals surface area (Å²) in [6.07, 6.45) is 0. The molecule has 0 atom stereocenters. The molecule has 0 N–H and O–H groups in total. The average molecular weight is 193 g/mol. The molecule has 0 spiro atoms. The van der Waals surface area contributed by atoms with Crippen LogP contribution in [0.3, 0.4) is 0 Å². The van der Waals surface area contributed by atoms with Gasteiger partial charge in [-0.05, 0) is 24.6 Å². The first kappa shape index (κ1) is 8.42. The van der Waals surface area contributed by atoms with Gasteiger partial charge in [-0.25, -0.2) is 4.98 Å². The Morgan fingerprint density at radius 2 is 1.67 bits per heavy atom. The van der Waals surface area contributed by atoms with Crippen molar-refractivity contribution in [2.24, 2.45) is 0 Å². The Bertz CT molecular complexity index is 641. The number of benzene rings is 2. The van der Waals surface area contributed by atoms with Crippen LogP contribution in [0.2, 0.25) is 0 Å². The average Bonchev–Trinajstić information content (AvgIpc) is 2.27. The minimum absolute atomic E-state index is 1.07. The maximum Gasteiger partial charge on any atom is 0.0738 e. The molecule has 0 bridgehead atoms. The third kappa shape index (κ3) is 1.28. The number of nitrogens with zero attached hydrogens (tertiary/aromatic N) is 1. The molecule has 2 aromatic carbocycles. The van der Waals surface area contributed by atoms with Crippen molar-refractivity contribution < 1.29 is 0 Å². The highest BCUT2D eigenvalue weighted by Crippen LogP contribution is 2.21. The van der Waals surface area contributed by atoms with Gasteiger partial charge in [0.15, 0.2) is 0 Å². The van der Waals surface area contributed by atoms with Gasteiger partial charge in [0.1, 0.15) is 0 Å². The molecule has 1 heteroatoms. The molecule has 1 aromatic heterocycles. The van der Waals surface area contributed by atoms with E-state index in [2.05, 4.69) is 48.3 Å². The van der Waals surface area contributed by atoms with Gasteiger partial charge in [-0.1, -0.05) is 36.4 Å². The zero-order valence-electron chi connectivity index (χ0n) is 8.57. The summed E-state index contributed by atoms with van der Waals surface area (Å²) in [5.74, 6) is 0. The quantitative estimate of drug-likeness (QED) is 0.496. The molecule has 1 heterocycles. The predicted octanol–water partition coefficient (Wildman–Crippen LogP) is 3.70. The Labute approximate surface area is 88.4 Å². The molecule has 0 saturated carbocycles. The zero-order valence-corrected chi connectivity index (χ0v) is 8.57. The summed E-state index contributed by atoms with van der Waals surface area (Å²) >= 11 is 0. The van der Waals surface area contributed by atoms with Crippen LogP contribution in [0, 0.1) is 6.92 Å². The fourth-order valence-electron chi connectivity index (χ4n) is 1.95. The van der Waals surface area contributed by atoms with Crippen LogP contribution in [0.1, 0.15) is 5.56 Å². The van der Waals surface area contributed by atoms with Crippen LogP contribution in [0.5, 0.6) is 0 Å². The monoisotopic (exact) mass is 193 g/mol. The van der Waals surface area contributed by atoms with Gasteiger partial charge in [-0.3, -0.25) is 0 Å². The fourth-order valence-corrected chi connectivity index (χ4v) is 1.95. The molecule has 0 radical (unpaired) electrons. The second-order valence-electron chi connectivity index (χ2n) is 3.83. The van der Waals surface area contributed by atoms with Gasteiger partial charge in [0.05, 0.1) is 11.0 Å². The van der Waals surface area contributed by atoms with Gasteiger partial charge in [0.25, 0.3) is 0 Å². The normalized spacial score (nSPS) is 11.0. The number of aryl methyl sites for hydroxylation is 1. The molecule has 0 amide bonds. The molecular formula is C14H11N. The van der Waals surface area contributed by atoms with E-state index in [9.17, 15) is 0 Å². The lowest BCUT2D eigenvalue weighted by atomic mass is 10.1. The maximum atomic E-state index is 4.68. The summed E-state index contributed by atoms with van der Waals surface area (Å²) in [5.41, 5.74) is 3.41. The van der Waals surface area contributed by atoms with E-state index >= 15 is 0 Å². The van der Waals surface area contributed by atoms with E-state index in [1.54, 1.807) is 0 Å². The molecule has 3 rings (SSSR count). The van der Waals surface area contributed by atoms with Crippen LogP contribution in [0.25, 0.3) is 21.8 Å². The lowest BCUT2D eigenvalue weighted by Crippen LogP contribution is -1.84. The first-order chi connectivity index (χ1) is 7.34. The lowest BCUT2D eigenvalue weighted by Gasteiger charge is -2.03. The van der Waals surface area contributed by atoms with Gasteiger partial charge in [0.2, 0.25) is 0 Å². The molecule has 1 nitrogen and oxygen atoms in total. The Morgan fingerprint density at radius 1 is 0.867 bits per heavy atom. The highest BCUT2D eigenvalue weighted by molar-refractivity contribution is 5.93. The first-order valence-corrected chi connectivity index (χ1v) is 5.10. The molecule has 15 heavy (non-hydrogen) atoms. The Hall–Kier alpha value is -1.89. The van der Waals surface area contributed by atoms with E-state index in [1.807, 2.05) is 12.1 Å². The smallest absolute Gasteiger partial charge is 0.0738 e. The minimum Gasteiger partial charge on any atom is -0.248 e. The predicted molar refractivity (Wildman–Crippen MR) is 64.0 cm³/mol. The van der Waals surface area contributed by atoms with Crippen LogP contribution >= 0.6 is 0 Å². The van der Waals surface area contributed by atoms with Crippen molar-refractivity contribution in [3.8, 4) is 0 Å². The summed E-state index contributed by atoms with van der Waals surface area (Å²) < 4.78 is 0. The van der Waals surface area contributed by atoms with E-state index in [4.69, 9.17) is 0 Å². The largest absolute Gasteiger partial charge is 0.248 e. The Kier molecular flexibility index (Phi) is 1.72. The van der Waals surface area contributed by atoms with Crippen molar-refractivity contribution in [2.45, 2.75) is 6.92 Å². The van der Waals surface area contributed by atoms with Crippen LogP contribution < -0.4 is 0 Å². The Morgan fingerprint density at radius 3 is 2.60 bits per heavy atom. The first-order valence-electron chi connectivity index (χ1n) is 5.10. The topological polar surface area (TPSA) is 12.9 Å². The van der Waals surface area contributed by atoms with Crippen LogP contribution in [-0.2, 0) is 0 Å². The Balaban J connectivity index is 2.53. The number of hydrogen-bond donors (Lipinski definition) is 0. The molecule has 0 aliphatic carbocycles. The molecule has 0 aliphatic heterocycles. The molecule has 0 saturated heterocycles. The number of rotatable bonds is 0. The molecule has 0 fully saturated rings. The van der Waals surface area contributed by atoms with Gasteiger partial charge >= 0.3 is 0 Å². The number of pyridine rings is 1. The fraction of sp³-hybridized carbons (Fsp3) is 0.0714. The number of hydrogen-bond acceptors (Lipinski definition) is 1. The highest BCUT2D eigenvalue weighted by atomic mass is 14.7. The second kappa shape index (κ2) is 3.06. The SMILES string of the molecule is Cc1cccc2cc3ccccc3nc12. The molecule has 0 aliphatic rings. The lowest BCUT2D eigenvalue weighted by molar-refractivity contribution is 1.42. The van der Waals surface area contributed by atoms with Crippen molar-refractivity contribution in [2.75, 3.05) is 0 Å². The van der Waals surface area contributed by atoms with Gasteiger partial charge < -0.3 is 0 Å². The number of para-hydroxylation sites is 2. The van der Waals surface area contributed by atoms with Crippen LogP contribution in [0.4, 0.5) is 0 Å². The van der Waals surface area contributed by atoms with Gasteiger partial charge in [-0.2, -0.15) is 0 Å². The van der Waals surface area contributed by atoms with E-state index in [-0.39, 0.29) is 0 Å². The van der Waals surface area contributed by atoms with E-state index < -0.39 is 0 Å². The molecule has 0 unspecified atom stereocenters. The van der Waals surface area contributed by atoms with Crippen LogP contribution in [0.15, 0.2) is 48.5 Å². The van der Waals surface area contributed by atoms with E-state index in [1.165, 1.54) is 16.3 Å². The van der Waals surface area contributed by atoms with Crippen molar-refractivity contribution in [3.05, 3.63) is 54.1 Å². The summed E-state index contributed by atoms with van der Waals surface area (Å²) in [6.45, 7) is 2.10. The molecule has 72 valence electrons. The zero-order chi connectivity index (χ0) is 10.3. The number of fused-ring (bicyclic) bond motifs is 2. The van der Waals surface area contributed by atoms with Crippen molar-refractivity contribution in [3.63, 3.8) is 0 Å². The maximum absolute atomic E-state index is 4.68. The van der Waals surface area contributed by atoms with E-state index in [0.717, 1.165) is 11.0 Å².